The molecule has 0 saturated carbocycles. The van der Waals surface area contributed by atoms with Crippen molar-refractivity contribution < 1.29 is 4.39 Å². The minimum atomic E-state index is -0.281. The van der Waals surface area contributed by atoms with E-state index in [1.807, 2.05) is 18.2 Å². The van der Waals surface area contributed by atoms with Gasteiger partial charge in [0, 0.05) is 55.6 Å². The number of fused-ring (bicyclic) bond motifs is 3. The quantitative estimate of drug-likeness (QED) is 0.576. The van der Waals surface area contributed by atoms with Crippen LogP contribution in [0.5, 0.6) is 0 Å². The average molecular weight is 390 g/mol. The van der Waals surface area contributed by atoms with Crippen LogP contribution in [0.4, 0.5) is 10.1 Å². The molecule has 0 atom stereocenters. The molecule has 6 nitrogen and oxygen atoms in total. The molecule has 4 aromatic rings. The molecule has 4 aromatic heterocycles. The van der Waals surface area contributed by atoms with Gasteiger partial charge in [0.05, 0.1) is 34.7 Å². The molecule has 5 heterocycles. The van der Waals surface area contributed by atoms with Gasteiger partial charge < -0.3 is 9.88 Å². The van der Waals surface area contributed by atoms with E-state index >= 15 is 4.39 Å². The summed E-state index contributed by atoms with van der Waals surface area (Å²) in [6.45, 7) is 7.83. The van der Waals surface area contributed by atoms with Crippen molar-refractivity contribution in [2.75, 3.05) is 31.1 Å². The maximum absolute atomic E-state index is 15.0. The Morgan fingerprint density at radius 2 is 1.90 bits per heavy atom. The highest BCUT2D eigenvalue weighted by molar-refractivity contribution is 6.12. The number of nitrogens with zero attached hydrogens (tertiary/aromatic N) is 5. The van der Waals surface area contributed by atoms with E-state index in [2.05, 4.69) is 43.6 Å². The first-order valence-corrected chi connectivity index (χ1v) is 9.97. The second kappa shape index (κ2) is 7.08. The summed E-state index contributed by atoms with van der Waals surface area (Å²) >= 11 is 0. The Labute approximate surface area is 168 Å². The summed E-state index contributed by atoms with van der Waals surface area (Å²) in [5, 5.41) is 1.76. The summed E-state index contributed by atoms with van der Waals surface area (Å²) < 4.78 is 15.0. The first-order chi connectivity index (χ1) is 14.1. The molecule has 5 rings (SSSR count). The van der Waals surface area contributed by atoms with Crippen LogP contribution in [0.25, 0.3) is 33.2 Å². The third-order valence-corrected chi connectivity index (χ3v) is 5.75. The zero-order chi connectivity index (χ0) is 20.0. The van der Waals surface area contributed by atoms with Crippen LogP contribution in [0.15, 0.2) is 43.0 Å². The molecule has 0 radical (unpaired) electrons. The SMILES string of the molecule is CC(C)N1CCN(c2c(F)cnc3[nH]c4cnc(-c5cccnc5)cc4c23)CC1. The van der Waals surface area contributed by atoms with Crippen LogP contribution in [0.3, 0.4) is 0 Å². The van der Waals surface area contributed by atoms with E-state index < -0.39 is 0 Å². The summed E-state index contributed by atoms with van der Waals surface area (Å²) in [4.78, 5) is 20.9. The van der Waals surface area contributed by atoms with Gasteiger partial charge in [-0.3, -0.25) is 14.9 Å². The topological polar surface area (TPSA) is 60.9 Å². The first kappa shape index (κ1) is 18.0. The van der Waals surface area contributed by atoms with Gasteiger partial charge in [0.15, 0.2) is 5.82 Å². The zero-order valence-electron chi connectivity index (χ0n) is 16.6. The van der Waals surface area contributed by atoms with Gasteiger partial charge in [-0.1, -0.05) is 0 Å². The van der Waals surface area contributed by atoms with E-state index in [1.165, 1.54) is 6.20 Å². The molecular weight excluding hydrogens is 367 g/mol. The highest BCUT2D eigenvalue weighted by Crippen LogP contribution is 2.36. The molecule has 1 aliphatic heterocycles. The van der Waals surface area contributed by atoms with E-state index in [4.69, 9.17) is 0 Å². The third kappa shape index (κ3) is 3.11. The number of pyridine rings is 3. The lowest BCUT2D eigenvalue weighted by molar-refractivity contribution is 0.209. The van der Waals surface area contributed by atoms with Crippen LogP contribution in [0.2, 0.25) is 0 Å². The Kier molecular flexibility index (Phi) is 4.39. The molecule has 0 aliphatic carbocycles. The van der Waals surface area contributed by atoms with Crippen molar-refractivity contribution in [1.29, 1.82) is 0 Å². The van der Waals surface area contributed by atoms with Gasteiger partial charge in [-0.15, -0.1) is 0 Å². The Morgan fingerprint density at radius 3 is 2.62 bits per heavy atom. The van der Waals surface area contributed by atoms with E-state index in [9.17, 15) is 0 Å². The Balaban J connectivity index is 1.64. The number of hydrogen-bond donors (Lipinski definition) is 1. The van der Waals surface area contributed by atoms with Gasteiger partial charge in [0.25, 0.3) is 0 Å². The van der Waals surface area contributed by atoms with Crippen molar-refractivity contribution in [3.63, 3.8) is 0 Å². The molecule has 7 heteroatoms. The van der Waals surface area contributed by atoms with Gasteiger partial charge in [0.2, 0.25) is 0 Å². The maximum atomic E-state index is 15.0. The first-order valence-electron chi connectivity index (χ1n) is 9.97. The number of aromatic nitrogens is 4. The molecule has 0 aromatic carbocycles. The molecule has 148 valence electrons. The highest BCUT2D eigenvalue weighted by Gasteiger charge is 2.25. The Morgan fingerprint density at radius 1 is 1.07 bits per heavy atom. The monoisotopic (exact) mass is 390 g/mol. The van der Waals surface area contributed by atoms with E-state index in [0.29, 0.717) is 17.4 Å². The van der Waals surface area contributed by atoms with Crippen LogP contribution < -0.4 is 4.90 Å². The van der Waals surface area contributed by atoms with Gasteiger partial charge in [0.1, 0.15) is 5.65 Å². The second-order valence-electron chi connectivity index (χ2n) is 7.78. The molecule has 1 N–H and O–H groups in total. The van der Waals surface area contributed by atoms with Gasteiger partial charge in [-0.2, -0.15) is 0 Å². The number of hydrogen-bond acceptors (Lipinski definition) is 5. The lowest BCUT2D eigenvalue weighted by atomic mass is 10.1. The summed E-state index contributed by atoms with van der Waals surface area (Å²) in [5.74, 6) is -0.281. The van der Waals surface area contributed by atoms with Crippen LogP contribution in [0, 0.1) is 5.82 Å². The predicted molar refractivity (Wildman–Crippen MR) is 114 cm³/mol. The normalized spacial score (nSPS) is 15.7. The molecule has 1 saturated heterocycles. The molecule has 0 bridgehead atoms. The highest BCUT2D eigenvalue weighted by atomic mass is 19.1. The third-order valence-electron chi connectivity index (χ3n) is 5.75. The number of rotatable bonds is 3. The van der Waals surface area contributed by atoms with Crippen LogP contribution in [-0.2, 0) is 0 Å². The molecule has 29 heavy (non-hydrogen) atoms. The summed E-state index contributed by atoms with van der Waals surface area (Å²) in [5.41, 5.74) is 3.92. The van der Waals surface area contributed by atoms with Crippen LogP contribution in [-0.4, -0.2) is 57.1 Å². The van der Waals surface area contributed by atoms with Gasteiger partial charge >= 0.3 is 0 Å². The molecule has 1 fully saturated rings. The molecule has 1 aliphatic rings. The van der Waals surface area contributed by atoms with Crippen molar-refractivity contribution in [2.45, 2.75) is 19.9 Å². The van der Waals surface area contributed by atoms with Crippen molar-refractivity contribution in [2.24, 2.45) is 0 Å². The summed E-state index contributed by atoms with van der Waals surface area (Å²) in [7, 11) is 0. The average Bonchev–Trinajstić information content (AvgIpc) is 3.12. The Hall–Kier alpha value is -3.06. The van der Waals surface area contributed by atoms with Gasteiger partial charge in [-0.25, -0.2) is 9.37 Å². The zero-order valence-corrected chi connectivity index (χ0v) is 16.6. The minimum Gasteiger partial charge on any atom is -0.366 e. The predicted octanol–water partition coefficient (Wildman–Crippen LogP) is 3.84. The number of halogens is 1. The maximum Gasteiger partial charge on any atom is 0.165 e. The lowest BCUT2D eigenvalue weighted by Crippen LogP contribution is -2.49. The van der Waals surface area contributed by atoms with E-state index in [-0.39, 0.29) is 5.82 Å². The molecular formula is C22H23FN6. The van der Waals surface area contributed by atoms with Crippen LogP contribution >= 0.6 is 0 Å². The molecule has 0 unspecified atom stereocenters. The minimum absolute atomic E-state index is 0.281. The van der Waals surface area contributed by atoms with Crippen molar-refractivity contribution in [1.82, 2.24) is 24.8 Å². The fourth-order valence-corrected chi connectivity index (χ4v) is 4.16. The van der Waals surface area contributed by atoms with E-state index in [1.54, 1.807) is 18.6 Å². The van der Waals surface area contributed by atoms with E-state index in [0.717, 1.165) is 53.7 Å². The fourth-order valence-electron chi connectivity index (χ4n) is 4.16. The lowest BCUT2D eigenvalue weighted by Gasteiger charge is -2.38. The molecule has 0 spiro atoms. The second-order valence-corrected chi connectivity index (χ2v) is 7.78. The van der Waals surface area contributed by atoms with Crippen molar-refractivity contribution in [3.8, 4) is 11.3 Å². The number of piperazine rings is 1. The van der Waals surface area contributed by atoms with Crippen LogP contribution in [0.1, 0.15) is 13.8 Å². The van der Waals surface area contributed by atoms with Crippen molar-refractivity contribution in [3.05, 3.63) is 48.8 Å². The molecule has 0 amide bonds. The summed E-state index contributed by atoms with van der Waals surface area (Å²) in [6.07, 6.45) is 6.63. The number of H-pyrrole nitrogens is 1. The fraction of sp³-hybridized carbons (Fsp3) is 0.318. The summed E-state index contributed by atoms with van der Waals surface area (Å²) in [6, 6.07) is 6.36. The Bertz CT molecular complexity index is 1160. The number of nitrogens with one attached hydrogen (secondary N) is 1. The standard InChI is InChI=1S/C22H23FN6/c1-14(2)28-6-8-29(9-7-28)21-17(23)12-26-22-20(21)16-10-18(25-13-19(16)27-22)15-4-3-5-24-11-15/h3-5,10-14H,6-9H2,1-2H3,(H,26,27). The van der Waals surface area contributed by atoms with Gasteiger partial charge in [-0.05, 0) is 32.0 Å². The van der Waals surface area contributed by atoms with Crippen molar-refractivity contribution >= 4 is 27.6 Å². The smallest absolute Gasteiger partial charge is 0.165 e. The largest absolute Gasteiger partial charge is 0.366 e. The number of anilines is 1. The number of aromatic amines is 1.